The van der Waals surface area contributed by atoms with Gasteiger partial charge in [0.2, 0.25) is 5.89 Å². The molecule has 8 nitrogen and oxygen atoms in total. The van der Waals surface area contributed by atoms with Crippen LogP contribution >= 0.6 is 11.7 Å². The minimum atomic E-state index is -0.187. The zero-order chi connectivity index (χ0) is 16.5. The van der Waals surface area contributed by atoms with Gasteiger partial charge in [-0.25, -0.2) is 4.79 Å². The third-order valence-electron chi connectivity index (χ3n) is 4.12. The van der Waals surface area contributed by atoms with Crippen LogP contribution in [-0.4, -0.2) is 36.4 Å². The van der Waals surface area contributed by atoms with E-state index in [1.807, 2.05) is 18.2 Å². The van der Waals surface area contributed by atoms with Crippen molar-refractivity contribution in [2.75, 3.05) is 11.9 Å². The summed E-state index contributed by atoms with van der Waals surface area (Å²) >= 11 is 1.13. The molecule has 1 aliphatic heterocycles. The van der Waals surface area contributed by atoms with E-state index in [2.05, 4.69) is 24.2 Å². The molecule has 1 aromatic carbocycles. The van der Waals surface area contributed by atoms with Gasteiger partial charge in [-0.2, -0.15) is 13.7 Å². The molecule has 0 spiro atoms. The highest BCUT2D eigenvalue weighted by atomic mass is 32.1. The number of hydrogen-bond donors (Lipinski definition) is 1. The normalized spacial score (nSPS) is 18.0. The summed E-state index contributed by atoms with van der Waals surface area (Å²) in [5.74, 6) is 1.07. The van der Waals surface area contributed by atoms with Crippen molar-refractivity contribution in [2.24, 2.45) is 0 Å². The number of nitrogens with zero attached hydrogens (tertiary/aromatic N) is 5. The van der Waals surface area contributed by atoms with Gasteiger partial charge in [-0.15, -0.1) is 0 Å². The molecule has 0 unspecified atom stereocenters. The molecule has 124 valence electrons. The van der Waals surface area contributed by atoms with Gasteiger partial charge in [0.15, 0.2) is 5.82 Å². The SMILES string of the molecule is Cc1noc([C@@H]2CCCCN2C(=O)Nc2cccc3nsnc23)n1. The summed E-state index contributed by atoms with van der Waals surface area (Å²) < 4.78 is 13.7. The van der Waals surface area contributed by atoms with Crippen LogP contribution in [0.25, 0.3) is 11.0 Å². The first-order valence-electron chi connectivity index (χ1n) is 7.81. The van der Waals surface area contributed by atoms with E-state index >= 15 is 0 Å². The number of piperidine rings is 1. The zero-order valence-electron chi connectivity index (χ0n) is 13.1. The van der Waals surface area contributed by atoms with Crippen molar-refractivity contribution in [1.82, 2.24) is 23.8 Å². The quantitative estimate of drug-likeness (QED) is 0.767. The molecule has 3 heterocycles. The number of aromatic nitrogens is 4. The second-order valence-corrected chi connectivity index (χ2v) is 6.28. The second-order valence-electron chi connectivity index (χ2n) is 5.75. The maximum absolute atomic E-state index is 12.8. The van der Waals surface area contributed by atoms with Gasteiger partial charge in [-0.05, 0) is 38.3 Å². The molecule has 0 saturated carbocycles. The summed E-state index contributed by atoms with van der Waals surface area (Å²) in [6, 6.07) is 5.19. The van der Waals surface area contributed by atoms with Crippen LogP contribution in [0.1, 0.15) is 37.0 Å². The number of anilines is 1. The summed E-state index contributed by atoms with van der Waals surface area (Å²) in [7, 11) is 0. The number of benzene rings is 1. The van der Waals surface area contributed by atoms with E-state index in [9.17, 15) is 4.79 Å². The average Bonchev–Trinajstić information content (AvgIpc) is 3.24. The topological polar surface area (TPSA) is 97.0 Å². The van der Waals surface area contributed by atoms with Gasteiger partial charge in [0.05, 0.1) is 17.4 Å². The Balaban J connectivity index is 1.59. The molecule has 3 aromatic rings. The van der Waals surface area contributed by atoms with Crippen molar-refractivity contribution in [3.05, 3.63) is 29.9 Å². The second kappa shape index (κ2) is 6.16. The van der Waals surface area contributed by atoms with Crippen LogP contribution in [0.3, 0.4) is 0 Å². The highest BCUT2D eigenvalue weighted by Gasteiger charge is 2.32. The number of hydrogen-bond acceptors (Lipinski definition) is 7. The van der Waals surface area contributed by atoms with Gasteiger partial charge in [-0.1, -0.05) is 11.2 Å². The molecular formula is C15H16N6O2S. The smallest absolute Gasteiger partial charge is 0.322 e. The predicted molar refractivity (Wildman–Crippen MR) is 88.8 cm³/mol. The minimum Gasteiger partial charge on any atom is -0.337 e. The first-order valence-corrected chi connectivity index (χ1v) is 8.54. The molecule has 24 heavy (non-hydrogen) atoms. The molecule has 2 aromatic heterocycles. The fourth-order valence-corrected chi connectivity index (χ4v) is 3.52. The van der Waals surface area contributed by atoms with Gasteiger partial charge in [0, 0.05) is 6.54 Å². The standard InChI is InChI=1S/C15H16N6O2S/c1-9-16-14(23-18-9)12-7-2-3-8-21(12)15(22)17-10-5-4-6-11-13(10)20-24-19-11/h4-6,12H,2-3,7-8H2,1H3,(H,17,22)/t12-/m0/s1. The lowest BCUT2D eigenvalue weighted by molar-refractivity contribution is 0.142. The van der Waals surface area contributed by atoms with Crippen molar-refractivity contribution in [3.8, 4) is 0 Å². The van der Waals surface area contributed by atoms with Crippen molar-refractivity contribution in [2.45, 2.75) is 32.2 Å². The van der Waals surface area contributed by atoms with Crippen LogP contribution in [0, 0.1) is 6.92 Å². The predicted octanol–water partition coefficient (Wildman–Crippen LogP) is 3.14. The Hall–Kier alpha value is -2.55. The minimum absolute atomic E-state index is 0.184. The van der Waals surface area contributed by atoms with Crippen LogP contribution in [-0.2, 0) is 0 Å². The molecule has 1 saturated heterocycles. The molecule has 2 amide bonds. The Bertz CT molecular complexity index is 876. The third kappa shape index (κ3) is 2.71. The first kappa shape index (κ1) is 15.0. The third-order valence-corrected chi connectivity index (χ3v) is 4.66. The van der Waals surface area contributed by atoms with Crippen LogP contribution in [0.15, 0.2) is 22.7 Å². The van der Waals surface area contributed by atoms with E-state index in [-0.39, 0.29) is 12.1 Å². The molecular weight excluding hydrogens is 328 g/mol. The Morgan fingerprint density at radius 1 is 1.38 bits per heavy atom. The largest absolute Gasteiger partial charge is 0.337 e. The van der Waals surface area contributed by atoms with E-state index in [1.54, 1.807) is 11.8 Å². The Kier molecular flexibility index (Phi) is 3.85. The van der Waals surface area contributed by atoms with Gasteiger partial charge in [0.1, 0.15) is 17.1 Å². The Morgan fingerprint density at radius 3 is 3.12 bits per heavy atom. The number of urea groups is 1. The fraction of sp³-hybridized carbons (Fsp3) is 0.400. The number of likely N-dealkylation sites (tertiary alicyclic amines) is 1. The van der Waals surface area contributed by atoms with Crippen LogP contribution in [0.2, 0.25) is 0 Å². The molecule has 1 N–H and O–H groups in total. The summed E-state index contributed by atoms with van der Waals surface area (Å²) in [6.45, 7) is 2.43. The summed E-state index contributed by atoms with van der Waals surface area (Å²) in [5, 5.41) is 6.79. The Morgan fingerprint density at radius 2 is 2.29 bits per heavy atom. The lowest BCUT2D eigenvalue weighted by atomic mass is 10.0. The maximum atomic E-state index is 12.8. The van der Waals surface area contributed by atoms with Gasteiger partial charge in [0.25, 0.3) is 0 Å². The lowest BCUT2D eigenvalue weighted by Crippen LogP contribution is -2.41. The van der Waals surface area contributed by atoms with E-state index in [1.165, 1.54) is 0 Å². The number of rotatable bonds is 2. The molecule has 0 bridgehead atoms. The maximum Gasteiger partial charge on any atom is 0.322 e. The molecule has 1 aliphatic rings. The number of fused-ring (bicyclic) bond motifs is 1. The molecule has 9 heteroatoms. The number of nitrogens with one attached hydrogen (secondary N) is 1. The molecule has 0 radical (unpaired) electrons. The summed E-state index contributed by atoms with van der Waals surface area (Å²) in [6.07, 6.45) is 2.80. The van der Waals surface area contributed by atoms with Crippen molar-refractivity contribution in [1.29, 1.82) is 0 Å². The number of amides is 2. The summed E-state index contributed by atoms with van der Waals surface area (Å²) in [5.41, 5.74) is 2.15. The lowest BCUT2D eigenvalue weighted by Gasteiger charge is -2.33. The van der Waals surface area contributed by atoms with E-state index in [0.29, 0.717) is 29.5 Å². The molecule has 1 fully saturated rings. The fourth-order valence-electron chi connectivity index (χ4n) is 2.97. The van der Waals surface area contributed by atoms with Gasteiger partial charge in [-0.3, -0.25) is 0 Å². The van der Waals surface area contributed by atoms with Gasteiger partial charge < -0.3 is 14.7 Å². The number of carbonyl (C=O) groups excluding carboxylic acids is 1. The van der Waals surface area contributed by atoms with Crippen molar-refractivity contribution in [3.63, 3.8) is 0 Å². The van der Waals surface area contributed by atoms with Crippen molar-refractivity contribution < 1.29 is 9.32 Å². The highest BCUT2D eigenvalue weighted by molar-refractivity contribution is 7.00. The van der Waals surface area contributed by atoms with Crippen LogP contribution in [0.4, 0.5) is 10.5 Å². The zero-order valence-corrected chi connectivity index (χ0v) is 13.9. The van der Waals surface area contributed by atoms with E-state index in [0.717, 1.165) is 36.5 Å². The first-order chi connectivity index (χ1) is 11.7. The monoisotopic (exact) mass is 344 g/mol. The van der Waals surface area contributed by atoms with Crippen LogP contribution < -0.4 is 5.32 Å². The highest BCUT2D eigenvalue weighted by Crippen LogP contribution is 2.31. The average molecular weight is 344 g/mol. The van der Waals surface area contributed by atoms with E-state index in [4.69, 9.17) is 4.52 Å². The summed E-state index contributed by atoms with van der Waals surface area (Å²) in [4.78, 5) is 18.9. The van der Waals surface area contributed by atoms with E-state index < -0.39 is 0 Å². The molecule has 4 rings (SSSR count). The van der Waals surface area contributed by atoms with Crippen molar-refractivity contribution >= 4 is 34.5 Å². The number of aryl methyl sites for hydroxylation is 1. The Labute approximate surface area is 142 Å². The molecule has 0 aliphatic carbocycles. The number of carbonyl (C=O) groups is 1. The van der Waals surface area contributed by atoms with Crippen LogP contribution in [0.5, 0.6) is 0 Å². The molecule has 1 atom stereocenters. The van der Waals surface area contributed by atoms with Gasteiger partial charge >= 0.3 is 6.03 Å².